The summed E-state index contributed by atoms with van der Waals surface area (Å²) >= 11 is 4.53. The number of thiol groups is 1. The lowest BCUT2D eigenvalue weighted by Crippen LogP contribution is -1.96. The number of anilines is 1. The largest absolute Gasteiger partial charge is 0.384 e. The van der Waals surface area contributed by atoms with Gasteiger partial charge in [-0.05, 0) is 12.1 Å². The fourth-order valence-corrected chi connectivity index (χ4v) is 2.21. The highest BCUT2D eigenvalue weighted by molar-refractivity contribution is 7.80. The van der Waals surface area contributed by atoms with Gasteiger partial charge in [0, 0.05) is 5.56 Å². The van der Waals surface area contributed by atoms with Crippen molar-refractivity contribution in [3.05, 3.63) is 48.5 Å². The third kappa shape index (κ3) is 1.57. The van der Waals surface area contributed by atoms with E-state index in [0.29, 0.717) is 5.82 Å². The van der Waals surface area contributed by atoms with Crippen molar-refractivity contribution >= 4 is 24.0 Å². The molecule has 1 aromatic carbocycles. The molecule has 2 N–H and O–H groups in total. The van der Waals surface area contributed by atoms with E-state index < -0.39 is 0 Å². The van der Waals surface area contributed by atoms with E-state index in [4.69, 9.17) is 5.73 Å². The van der Waals surface area contributed by atoms with Crippen LogP contribution in [0, 0.1) is 0 Å². The van der Waals surface area contributed by atoms with Crippen molar-refractivity contribution in [2.24, 2.45) is 0 Å². The van der Waals surface area contributed by atoms with E-state index in [9.17, 15) is 0 Å². The van der Waals surface area contributed by atoms with E-state index in [1.54, 1.807) is 4.52 Å². The normalized spacial score (nSPS) is 10.9. The van der Waals surface area contributed by atoms with Crippen molar-refractivity contribution in [1.82, 2.24) is 9.61 Å². The van der Waals surface area contributed by atoms with Gasteiger partial charge in [0.05, 0.1) is 10.4 Å². The van der Waals surface area contributed by atoms with Gasteiger partial charge in [-0.15, -0.1) is 12.6 Å². The number of pyridine rings is 1. The monoisotopic (exact) mass is 241 g/mol. The average molecular weight is 241 g/mol. The number of nitrogens with two attached hydrogens (primary N) is 1. The van der Waals surface area contributed by atoms with E-state index in [2.05, 4.69) is 17.7 Å². The first-order valence-corrected chi connectivity index (χ1v) is 5.74. The highest BCUT2D eigenvalue weighted by atomic mass is 32.1. The number of rotatable bonds is 1. The maximum atomic E-state index is 5.88. The lowest BCUT2D eigenvalue weighted by atomic mass is 10.1. The molecule has 0 amide bonds. The van der Waals surface area contributed by atoms with E-state index in [-0.39, 0.29) is 0 Å². The Morgan fingerprint density at radius 2 is 1.76 bits per heavy atom. The quantitative estimate of drug-likeness (QED) is 0.643. The smallest absolute Gasteiger partial charge is 0.125 e. The molecule has 4 heteroatoms. The second-order valence-electron chi connectivity index (χ2n) is 3.81. The van der Waals surface area contributed by atoms with Gasteiger partial charge < -0.3 is 5.73 Å². The minimum Gasteiger partial charge on any atom is -0.384 e. The Labute approximate surface area is 104 Å². The standard InChI is InChI=1S/C13H11N3S/c14-11-8-4-7-10-13(17)12(15-16(10)11)9-5-2-1-3-6-9/h1-8,17H,14H2. The molecule has 84 valence electrons. The summed E-state index contributed by atoms with van der Waals surface area (Å²) in [5, 5.41) is 4.50. The maximum Gasteiger partial charge on any atom is 0.125 e. The number of nitrogen functional groups attached to an aromatic ring is 1. The molecule has 0 spiro atoms. The van der Waals surface area contributed by atoms with E-state index in [0.717, 1.165) is 21.7 Å². The third-order valence-corrected chi connectivity index (χ3v) is 3.15. The molecule has 0 aliphatic rings. The van der Waals surface area contributed by atoms with Crippen LogP contribution in [-0.4, -0.2) is 9.61 Å². The van der Waals surface area contributed by atoms with E-state index in [1.807, 2.05) is 48.5 Å². The third-order valence-electron chi connectivity index (χ3n) is 2.71. The Balaban J connectivity index is 2.32. The zero-order valence-corrected chi connectivity index (χ0v) is 9.93. The molecule has 0 aliphatic heterocycles. The molecule has 0 unspecified atom stereocenters. The number of hydrogen-bond acceptors (Lipinski definition) is 3. The molecule has 0 radical (unpaired) electrons. The van der Waals surface area contributed by atoms with Gasteiger partial charge in [-0.1, -0.05) is 36.4 Å². The zero-order chi connectivity index (χ0) is 11.8. The predicted molar refractivity (Wildman–Crippen MR) is 72.3 cm³/mol. The summed E-state index contributed by atoms with van der Waals surface area (Å²) in [4.78, 5) is 0.850. The Morgan fingerprint density at radius 3 is 2.47 bits per heavy atom. The number of nitrogens with zero attached hydrogens (tertiary/aromatic N) is 2. The maximum absolute atomic E-state index is 5.88. The van der Waals surface area contributed by atoms with Gasteiger partial charge in [0.2, 0.25) is 0 Å². The molecular formula is C13H11N3S. The molecule has 0 saturated carbocycles. The summed E-state index contributed by atoms with van der Waals surface area (Å²) in [6.45, 7) is 0. The Hall–Kier alpha value is -1.94. The fraction of sp³-hybridized carbons (Fsp3) is 0. The second kappa shape index (κ2) is 3.82. The highest BCUT2D eigenvalue weighted by Gasteiger charge is 2.11. The number of aromatic nitrogens is 2. The Kier molecular flexibility index (Phi) is 2.30. The van der Waals surface area contributed by atoms with Crippen LogP contribution in [0.15, 0.2) is 53.4 Å². The van der Waals surface area contributed by atoms with Gasteiger partial charge in [0.25, 0.3) is 0 Å². The molecule has 17 heavy (non-hydrogen) atoms. The summed E-state index contributed by atoms with van der Waals surface area (Å²) in [5.74, 6) is 0.611. The molecule has 0 saturated heterocycles. The fourth-order valence-electron chi connectivity index (χ4n) is 1.87. The van der Waals surface area contributed by atoms with Crippen LogP contribution >= 0.6 is 12.6 Å². The average Bonchev–Trinajstić information content (AvgIpc) is 2.70. The number of benzene rings is 1. The van der Waals surface area contributed by atoms with Crippen molar-refractivity contribution < 1.29 is 0 Å². The van der Waals surface area contributed by atoms with E-state index >= 15 is 0 Å². The van der Waals surface area contributed by atoms with Crippen molar-refractivity contribution in [1.29, 1.82) is 0 Å². The SMILES string of the molecule is Nc1cccc2c(S)c(-c3ccccc3)nn12. The first-order valence-electron chi connectivity index (χ1n) is 5.29. The van der Waals surface area contributed by atoms with Crippen LogP contribution in [0.1, 0.15) is 0 Å². The van der Waals surface area contributed by atoms with Gasteiger partial charge in [0.1, 0.15) is 11.5 Å². The van der Waals surface area contributed by atoms with Crippen LogP contribution in [0.3, 0.4) is 0 Å². The summed E-state index contributed by atoms with van der Waals surface area (Å²) in [6, 6.07) is 15.6. The van der Waals surface area contributed by atoms with Crippen molar-refractivity contribution in [3.63, 3.8) is 0 Å². The molecule has 2 heterocycles. The summed E-state index contributed by atoms with van der Waals surface area (Å²) in [5.41, 5.74) is 8.70. The van der Waals surface area contributed by atoms with Crippen LogP contribution in [0.4, 0.5) is 5.82 Å². The molecule has 0 atom stereocenters. The minimum atomic E-state index is 0.611. The second-order valence-corrected chi connectivity index (χ2v) is 4.26. The first kappa shape index (κ1) is 10.2. The van der Waals surface area contributed by atoms with Gasteiger partial charge >= 0.3 is 0 Å². The zero-order valence-electron chi connectivity index (χ0n) is 9.04. The van der Waals surface area contributed by atoms with Crippen LogP contribution < -0.4 is 5.73 Å². The molecule has 2 aromatic heterocycles. The summed E-state index contributed by atoms with van der Waals surface area (Å²) < 4.78 is 1.71. The lowest BCUT2D eigenvalue weighted by Gasteiger charge is -1.96. The molecule has 3 aromatic rings. The lowest BCUT2D eigenvalue weighted by molar-refractivity contribution is 0.978. The van der Waals surface area contributed by atoms with E-state index in [1.165, 1.54) is 0 Å². The van der Waals surface area contributed by atoms with Crippen molar-refractivity contribution in [3.8, 4) is 11.3 Å². The molecule has 3 rings (SSSR count). The molecule has 3 nitrogen and oxygen atoms in total. The Bertz CT molecular complexity index is 674. The van der Waals surface area contributed by atoms with Gasteiger partial charge in [-0.3, -0.25) is 0 Å². The van der Waals surface area contributed by atoms with Crippen LogP contribution in [0.25, 0.3) is 16.8 Å². The minimum absolute atomic E-state index is 0.611. The number of fused-ring (bicyclic) bond motifs is 1. The van der Waals surface area contributed by atoms with Crippen LogP contribution in [0.2, 0.25) is 0 Å². The molecule has 0 fully saturated rings. The van der Waals surface area contributed by atoms with Crippen molar-refractivity contribution in [2.45, 2.75) is 4.90 Å². The van der Waals surface area contributed by atoms with Crippen molar-refractivity contribution in [2.75, 3.05) is 5.73 Å². The Morgan fingerprint density at radius 1 is 1.00 bits per heavy atom. The number of hydrogen-bond donors (Lipinski definition) is 2. The molecular weight excluding hydrogens is 230 g/mol. The van der Waals surface area contributed by atoms with Gasteiger partial charge in [-0.2, -0.15) is 5.10 Å². The summed E-state index contributed by atoms with van der Waals surface area (Å²) in [7, 11) is 0. The summed E-state index contributed by atoms with van der Waals surface area (Å²) in [6.07, 6.45) is 0. The van der Waals surface area contributed by atoms with Crippen LogP contribution in [0.5, 0.6) is 0 Å². The predicted octanol–water partition coefficient (Wildman–Crippen LogP) is 2.87. The first-order chi connectivity index (χ1) is 8.27. The van der Waals surface area contributed by atoms with Gasteiger partial charge in [0.15, 0.2) is 0 Å². The van der Waals surface area contributed by atoms with Gasteiger partial charge in [-0.25, -0.2) is 4.52 Å². The topological polar surface area (TPSA) is 43.3 Å². The molecule has 0 bridgehead atoms. The molecule has 0 aliphatic carbocycles. The highest BCUT2D eigenvalue weighted by Crippen LogP contribution is 2.29. The van der Waals surface area contributed by atoms with Crippen LogP contribution in [-0.2, 0) is 0 Å².